The first-order chi connectivity index (χ1) is 8.70. The molecule has 0 amide bonds. The molecule has 0 heterocycles. The Kier molecular flexibility index (Phi) is 5.64. The number of Topliss-reactive ketones (excluding diaryl/α,β-unsaturated/α-hetero) is 1. The van der Waals surface area contributed by atoms with Gasteiger partial charge in [-0.25, -0.2) is 8.42 Å². The van der Waals surface area contributed by atoms with Crippen molar-refractivity contribution in [2.24, 2.45) is 0 Å². The van der Waals surface area contributed by atoms with Gasteiger partial charge in [-0.05, 0) is 19.4 Å². The van der Waals surface area contributed by atoms with E-state index < -0.39 is 9.84 Å². The summed E-state index contributed by atoms with van der Waals surface area (Å²) < 4.78 is 27.3. The third-order valence-electron chi connectivity index (χ3n) is 2.32. The van der Waals surface area contributed by atoms with Crippen LogP contribution >= 0.6 is 23.2 Å². The maximum absolute atomic E-state index is 11.4. The molecule has 4 nitrogen and oxygen atoms in total. The highest BCUT2D eigenvalue weighted by Gasteiger charge is 2.13. The predicted octanol–water partition coefficient (Wildman–Crippen LogP) is 3.01. The van der Waals surface area contributed by atoms with Gasteiger partial charge in [0.1, 0.15) is 15.6 Å². The van der Waals surface area contributed by atoms with E-state index in [4.69, 9.17) is 27.9 Å². The van der Waals surface area contributed by atoms with Crippen LogP contribution in [0.1, 0.15) is 23.7 Å². The number of ketones is 1. The van der Waals surface area contributed by atoms with Gasteiger partial charge in [-0.15, -0.1) is 0 Å². The van der Waals surface area contributed by atoms with Crippen LogP contribution in [-0.4, -0.2) is 32.8 Å². The Bertz CT molecular complexity index is 582. The number of rotatable bonds is 6. The van der Waals surface area contributed by atoms with Gasteiger partial charge in [0.25, 0.3) is 0 Å². The molecule has 1 aromatic rings. The highest BCUT2D eigenvalue weighted by Crippen LogP contribution is 2.31. The fourth-order valence-corrected chi connectivity index (χ4v) is 2.39. The predicted molar refractivity (Wildman–Crippen MR) is 76.3 cm³/mol. The molecule has 0 N–H and O–H groups in total. The van der Waals surface area contributed by atoms with Crippen molar-refractivity contribution >= 4 is 38.8 Å². The van der Waals surface area contributed by atoms with Crippen molar-refractivity contribution in [3.05, 3.63) is 27.7 Å². The summed E-state index contributed by atoms with van der Waals surface area (Å²) in [6.07, 6.45) is 1.50. The molecule has 7 heteroatoms. The van der Waals surface area contributed by atoms with E-state index in [1.54, 1.807) is 0 Å². The maximum Gasteiger partial charge on any atom is 0.163 e. The first-order valence-electron chi connectivity index (χ1n) is 5.51. The fraction of sp³-hybridized carbons (Fsp3) is 0.417. The van der Waals surface area contributed by atoms with Crippen molar-refractivity contribution in [1.82, 2.24) is 0 Å². The lowest BCUT2D eigenvalue weighted by Gasteiger charge is -2.11. The van der Waals surface area contributed by atoms with E-state index in [1.807, 2.05) is 0 Å². The van der Waals surface area contributed by atoms with E-state index in [-0.39, 0.29) is 28.2 Å². The average Bonchev–Trinajstić information content (AvgIpc) is 2.27. The van der Waals surface area contributed by atoms with E-state index in [0.717, 1.165) is 6.26 Å². The second kappa shape index (κ2) is 6.59. The molecule has 106 valence electrons. The van der Waals surface area contributed by atoms with Crippen LogP contribution in [0.15, 0.2) is 12.1 Å². The SMILES string of the molecule is CC(=O)c1cc(Cl)c(Cl)cc1OCCCS(C)(=O)=O. The normalized spacial score (nSPS) is 11.4. The number of benzene rings is 1. The van der Waals surface area contributed by atoms with Gasteiger partial charge >= 0.3 is 0 Å². The Morgan fingerprint density at radius 3 is 2.37 bits per heavy atom. The molecule has 1 aromatic carbocycles. The number of carbonyl (C=O) groups is 1. The summed E-state index contributed by atoms with van der Waals surface area (Å²) in [6.45, 7) is 1.58. The summed E-state index contributed by atoms with van der Waals surface area (Å²) in [7, 11) is -3.01. The summed E-state index contributed by atoms with van der Waals surface area (Å²) in [6, 6.07) is 2.90. The Hall–Kier alpha value is -0.780. The van der Waals surface area contributed by atoms with Crippen LogP contribution in [0.2, 0.25) is 10.0 Å². The second-order valence-electron chi connectivity index (χ2n) is 4.15. The Labute approximate surface area is 122 Å². The molecule has 0 atom stereocenters. The van der Waals surface area contributed by atoms with Crippen molar-refractivity contribution < 1.29 is 17.9 Å². The molecule has 0 fully saturated rings. The highest BCUT2D eigenvalue weighted by molar-refractivity contribution is 7.90. The summed E-state index contributed by atoms with van der Waals surface area (Å²) in [4.78, 5) is 11.4. The molecule has 0 bridgehead atoms. The lowest BCUT2D eigenvalue weighted by Crippen LogP contribution is -2.09. The van der Waals surface area contributed by atoms with Crippen LogP contribution in [0.5, 0.6) is 5.75 Å². The summed E-state index contributed by atoms with van der Waals surface area (Å²) in [5.74, 6) is 0.149. The third-order valence-corrected chi connectivity index (χ3v) is 4.07. The molecule has 1 rings (SSSR count). The van der Waals surface area contributed by atoms with Gasteiger partial charge in [0.05, 0.1) is 28.0 Å². The number of sulfone groups is 1. The molecule has 19 heavy (non-hydrogen) atoms. The van der Waals surface area contributed by atoms with E-state index in [9.17, 15) is 13.2 Å². The monoisotopic (exact) mass is 324 g/mol. The van der Waals surface area contributed by atoms with Gasteiger partial charge in [-0.2, -0.15) is 0 Å². The zero-order valence-corrected chi connectivity index (χ0v) is 12.9. The average molecular weight is 325 g/mol. The van der Waals surface area contributed by atoms with Crippen LogP contribution in [0.25, 0.3) is 0 Å². The molecule has 0 aliphatic carbocycles. The third kappa shape index (κ3) is 5.38. The zero-order chi connectivity index (χ0) is 14.6. The maximum atomic E-state index is 11.4. The van der Waals surface area contributed by atoms with Gasteiger partial charge in [0.15, 0.2) is 5.78 Å². The van der Waals surface area contributed by atoms with Crippen molar-refractivity contribution in [3.63, 3.8) is 0 Å². The topological polar surface area (TPSA) is 60.4 Å². The van der Waals surface area contributed by atoms with Crippen molar-refractivity contribution in [2.45, 2.75) is 13.3 Å². The number of hydrogen-bond donors (Lipinski definition) is 0. The van der Waals surface area contributed by atoms with Crippen molar-refractivity contribution in [1.29, 1.82) is 0 Å². The summed E-state index contributed by atoms with van der Waals surface area (Å²) >= 11 is 11.7. The number of halogens is 2. The molecule has 0 spiro atoms. The van der Waals surface area contributed by atoms with Gasteiger partial charge in [0, 0.05) is 12.3 Å². The highest BCUT2D eigenvalue weighted by atomic mass is 35.5. The van der Waals surface area contributed by atoms with Gasteiger partial charge in [-0.1, -0.05) is 23.2 Å². The summed E-state index contributed by atoms with van der Waals surface area (Å²) in [5, 5.41) is 0.556. The van der Waals surface area contributed by atoms with Gasteiger partial charge < -0.3 is 4.74 Å². The minimum atomic E-state index is -3.01. The minimum Gasteiger partial charge on any atom is -0.493 e. The van der Waals surface area contributed by atoms with Gasteiger partial charge in [0.2, 0.25) is 0 Å². The molecule has 0 aromatic heterocycles. The van der Waals surface area contributed by atoms with Crippen LogP contribution in [-0.2, 0) is 9.84 Å². The Balaban J connectivity index is 2.77. The van der Waals surface area contributed by atoms with Crippen LogP contribution < -0.4 is 4.74 Å². The van der Waals surface area contributed by atoms with Crippen LogP contribution in [0.4, 0.5) is 0 Å². The number of carbonyl (C=O) groups excluding carboxylic acids is 1. The quantitative estimate of drug-likeness (QED) is 0.596. The fourth-order valence-electron chi connectivity index (χ4n) is 1.43. The van der Waals surface area contributed by atoms with E-state index in [0.29, 0.717) is 17.7 Å². The van der Waals surface area contributed by atoms with E-state index >= 15 is 0 Å². The second-order valence-corrected chi connectivity index (χ2v) is 7.22. The first-order valence-corrected chi connectivity index (χ1v) is 8.33. The van der Waals surface area contributed by atoms with E-state index in [2.05, 4.69) is 0 Å². The van der Waals surface area contributed by atoms with E-state index in [1.165, 1.54) is 19.1 Å². The molecule has 0 aliphatic heterocycles. The first kappa shape index (κ1) is 16.3. The minimum absolute atomic E-state index is 0.0315. The molecule has 0 unspecified atom stereocenters. The summed E-state index contributed by atoms with van der Waals surface area (Å²) in [5.41, 5.74) is 0.328. The number of hydrogen-bond acceptors (Lipinski definition) is 4. The largest absolute Gasteiger partial charge is 0.493 e. The van der Waals surface area contributed by atoms with Crippen molar-refractivity contribution in [3.8, 4) is 5.75 Å². The molecule has 0 radical (unpaired) electrons. The smallest absolute Gasteiger partial charge is 0.163 e. The lowest BCUT2D eigenvalue weighted by atomic mass is 10.1. The molecular weight excluding hydrogens is 311 g/mol. The zero-order valence-electron chi connectivity index (χ0n) is 10.6. The van der Waals surface area contributed by atoms with Gasteiger partial charge in [-0.3, -0.25) is 4.79 Å². The van der Waals surface area contributed by atoms with Crippen LogP contribution in [0, 0.1) is 0 Å². The van der Waals surface area contributed by atoms with Crippen LogP contribution in [0.3, 0.4) is 0 Å². The molecule has 0 aliphatic rings. The molecular formula is C12H14Cl2O4S. The molecule has 0 saturated carbocycles. The standard InChI is InChI=1S/C12H14Cl2O4S/c1-8(15)9-6-10(13)11(14)7-12(9)18-4-3-5-19(2,16)17/h6-7H,3-5H2,1-2H3. The lowest BCUT2D eigenvalue weighted by molar-refractivity contribution is 0.101. The number of ether oxygens (including phenoxy) is 1. The Morgan fingerprint density at radius 1 is 1.26 bits per heavy atom. The van der Waals surface area contributed by atoms with Crippen molar-refractivity contribution in [2.75, 3.05) is 18.6 Å². The Morgan fingerprint density at radius 2 is 1.84 bits per heavy atom. The molecule has 0 saturated heterocycles.